The third-order valence-electron chi connectivity index (χ3n) is 3.17. The molecule has 4 nitrogen and oxygen atoms in total. The predicted molar refractivity (Wildman–Crippen MR) is 63.9 cm³/mol. The third kappa shape index (κ3) is 4.61. The van der Waals surface area contributed by atoms with E-state index in [1.54, 1.807) is 0 Å². The molecule has 0 aromatic heterocycles. The Morgan fingerprint density at radius 2 is 1.94 bits per heavy atom. The van der Waals surface area contributed by atoms with Crippen molar-refractivity contribution in [1.29, 1.82) is 0 Å². The summed E-state index contributed by atoms with van der Waals surface area (Å²) in [7, 11) is -2.95. The minimum Gasteiger partial charge on any atom is -0.327 e. The molecule has 94 valence electrons. The SMILES string of the molecule is CS(=O)(=O)CCCC(=O)C1CCCCC1N. The number of hydrogen-bond donors (Lipinski definition) is 1. The molecule has 0 heterocycles. The zero-order valence-electron chi connectivity index (χ0n) is 9.81. The molecular formula is C11H21NO3S. The molecule has 0 radical (unpaired) electrons. The fraction of sp³-hybridized carbons (Fsp3) is 0.909. The Labute approximate surface area is 97.5 Å². The monoisotopic (exact) mass is 247 g/mol. The maximum Gasteiger partial charge on any atom is 0.147 e. The minimum atomic E-state index is -2.95. The van der Waals surface area contributed by atoms with Crippen LogP contribution in [-0.4, -0.2) is 32.3 Å². The van der Waals surface area contributed by atoms with E-state index in [2.05, 4.69) is 0 Å². The molecule has 1 aliphatic carbocycles. The van der Waals surface area contributed by atoms with E-state index < -0.39 is 9.84 Å². The van der Waals surface area contributed by atoms with E-state index in [4.69, 9.17) is 5.73 Å². The number of Topliss-reactive ketones (excluding diaryl/α,β-unsaturated/α-hetero) is 1. The number of hydrogen-bond acceptors (Lipinski definition) is 4. The van der Waals surface area contributed by atoms with Crippen molar-refractivity contribution in [2.45, 2.75) is 44.6 Å². The van der Waals surface area contributed by atoms with Gasteiger partial charge in [0.05, 0.1) is 5.75 Å². The average molecular weight is 247 g/mol. The second-order valence-electron chi connectivity index (χ2n) is 4.75. The zero-order valence-corrected chi connectivity index (χ0v) is 10.6. The highest BCUT2D eigenvalue weighted by molar-refractivity contribution is 7.90. The van der Waals surface area contributed by atoms with Crippen molar-refractivity contribution in [1.82, 2.24) is 0 Å². The van der Waals surface area contributed by atoms with Gasteiger partial charge in [-0.3, -0.25) is 4.79 Å². The first-order valence-electron chi connectivity index (χ1n) is 5.86. The summed E-state index contributed by atoms with van der Waals surface area (Å²) in [6.45, 7) is 0. The van der Waals surface area contributed by atoms with E-state index in [1.165, 1.54) is 6.26 Å². The summed E-state index contributed by atoms with van der Waals surface area (Å²) < 4.78 is 21.8. The van der Waals surface area contributed by atoms with Crippen molar-refractivity contribution in [3.05, 3.63) is 0 Å². The summed E-state index contributed by atoms with van der Waals surface area (Å²) in [6.07, 6.45) is 5.95. The van der Waals surface area contributed by atoms with Gasteiger partial charge in [-0.05, 0) is 19.3 Å². The van der Waals surface area contributed by atoms with Gasteiger partial charge in [-0.2, -0.15) is 0 Å². The summed E-state index contributed by atoms with van der Waals surface area (Å²) in [5, 5.41) is 0. The van der Waals surface area contributed by atoms with E-state index in [0.717, 1.165) is 25.7 Å². The van der Waals surface area contributed by atoms with Crippen LogP contribution in [0.25, 0.3) is 0 Å². The van der Waals surface area contributed by atoms with Crippen LogP contribution in [0.3, 0.4) is 0 Å². The van der Waals surface area contributed by atoms with Gasteiger partial charge in [-0.15, -0.1) is 0 Å². The van der Waals surface area contributed by atoms with Crippen molar-refractivity contribution < 1.29 is 13.2 Å². The Morgan fingerprint density at radius 1 is 1.31 bits per heavy atom. The fourth-order valence-electron chi connectivity index (χ4n) is 2.25. The molecular weight excluding hydrogens is 226 g/mol. The Bertz CT molecular complexity index is 337. The van der Waals surface area contributed by atoms with Gasteiger partial charge in [0.1, 0.15) is 15.6 Å². The maximum absolute atomic E-state index is 11.8. The van der Waals surface area contributed by atoms with Crippen LogP contribution in [0.15, 0.2) is 0 Å². The standard InChI is InChI=1S/C11H21NO3S/c1-16(14,15)8-4-7-11(13)9-5-2-3-6-10(9)12/h9-10H,2-8,12H2,1H3. The number of carbonyl (C=O) groups excluding carboxylic acids is 1. The lowest BCUT2D eigenvalue weighted by Gasteiger charge is -2.27. The van der Waals surface area contributed by atoms with E-state index in [1.807, 2.05) is 0 Å². The number of carbonyl (C=O) groups is 1. The van der Waals surface area contributed by atoms with E-state index in [-0.39, 0.29) is 23.5 Å². The molecule has 0 bridgehead atoms. The smallest absolute Gasteiger partial charge is 0.147 e. The quantitative estimate of drug-likeness (QED) is 0.783. The molecule has 0 spiro atoms. The Balaban J connectivity index is 2.34. The van der Waals surface area contributed by atoms with E-state index >= 15 is 0 Å². The molecule has 16 heavy (non-hydrogen) atoms. The Kier molecular flexibility index (Phi) is 4.92. The molecule has 0 aliphatic heterocycles. The largest absolute Gasteiger partial charge is 0.327 e. The molecule has 1 aliphatic rings. The lowest BCUT2D eigenvalue weighted by atomic mass is 9.81. The summed E-state index contributed by atoms with van der Waals surface area (Å²) >= 11 is 0. The molecule has 0 aromatic rings. The van der Waals surface area contributed by atoms with E-state index in [0.29, 0.717) is 12.8 Å². The third-order valence-corrected chi connectivity index (χ3v) is 4.20. The highest BCUT2D eigenvalue weighted by atomic mass is 32.2. The lowest BCUT2D eigenvalue weighted by molar-refractivity contribution is -0.124. The van der Waals surface area contributed by atoms with E-state index in [9.17, 15) is 13.2 Å². The Hall–Kier alpha value is -0.420. The second kappa shape index (κ2) is 5.77. The molecule has 1 fully saturated rings. The molecule has 0 amide bonds. The molecule has 1 rings (SSSR count). The van der Waals surface area contributed by atoms with Crippen molar-refractivity contribution in [2.24, 2.45) is 11.7 Å². The summed E-state index contributed by atoms with van der Waals surface area (Å²) in [5.74, 6) is 0.213. The molecule has 0 saturated heterocycles. The summed E-state index contributed by atoms with van der Waals surface area (Å²) in [5.41, 5.74) is 5.90. The number of nitrogens with two attached hydrogens (primary N) is 1. The van der Waals surface area contributed by atoms with Gasteiger partial charge < -0.3 is 5.73 Å². The summed E-state index contributed by atoms with van der Waals surface area (Å²) in [6, 6.07) is -0.0144. The Morgan fingerprint density at radius 3 is 2.50 bits per heavy atom. The van der Waals surface area contributed by atoms with Crippen LogP contribution in [0, 0.1) is 5.92 Å². The zero-order chi connectivity index (χ0) is 12.2. The van der Waals surface area contributed by atoms with Gasteiger partial charge in [-0.25, -0.2) is 8.42 Å². The number of rotatable bonds is 5. The lowest BCUT2D eigenvalue weighted by Crippen LogP contribution is -2.38. The summed E-state index contributed by atoms with van der Waals surface area (Å²) in [4.78, 5) is 11.8. The van der Waals surface area contributed by atoms with Crippen LogP contribution in [0.1, 0.15) is 38.5 Å². The molecule has 5 heteroatoms. The first kappa shape index (κ1) is 13.6. The fourth-order valence-corrected chi connectivity index (χ4v) is 2.92. The van der Waals surface area contributed by atoms with Gasteiger partial charge in [0.2, 0.25) is 0 Å². The van der Waals surface area contributed by atoms with Gasteiger partial charge >= 0.3 is 0 Å². The predicted octanol–water partition coefficient (Wildman–Crippen LogP) is 0.898. The van der Waals surface area contributed by atoms with Crippen molar-refractivity contribution in [2.75, 3.05) is 12.0 Å². The second-order valence-corrected chi connectivity index (χ2v) is 7.01. The normalized spacial score (nSPS) is 26.6. The van der Waals surface area contributed by atoms with Crippen molar-refractivity contribution >= 4 is 15.6 Å². The van der Waals surface area contributed by atoms with Crippen LogP contribution in [-0.2, 0) is 14.6 Å². The molecule has 1 saturated carbocycles. The average Bonchev–Trinajstić information content (AvgIpc) is 2.16. The van der Waals surface area contributed by atoms with Crippen LogP contribution < -0.4 is 5.73 Å². The topological polar surface area (TPSA) is 77.2 Å². The first-order chi connectivity index (χ1) is 7.40. The first-order valence-corrected chi connectivity index (χ1v) is 7.92. The van der Waals surface area contributed by atoms with Crippen molar-refractivity contribution in [3.8, 4) is 0 Å². The van der Waals surface area contributed by atoms with Crippen LogP contribution in [0.4, 0.5) is 0 Å². The van der Waals surface area contributed by atoms with Gasteiger partial charge in [0.15, 0.2) is 0 Å². The van der Waals surface area contributed by atoms with Crippen molar-refractivity contribution in [3.63, 3.8) is 0 Å². The minimum absolute atomic E-state index is 0.0144. The van der Waals surface area contributed by atoms with Gasteiger partial charge in [0.25, 0.3) is 0 Å². The number of ketones is 1. The number of sulfone groups is 1. The molecule has 0 aromatic carbocycles. The van der Waals surface area contributed by atoms with Crippen LogP contribution in [0.5, 0.6) is 0 Å². The van der Waals surface area contributed by atoms with Crippen LogP contribution in [0.2, 0.25) is 0 Å². The van der Waals surface area contributed by atoms with Crippen LogP contribution >= 0.6 is 0 Å². The highest BCUT2D eigenvalue weighted by Crippen LogP contribution is 2.25. The molecule has 2 atom stereocenters. The molecule has 2 unspecified atom stereocenters. The highest BCUT2D eigenvalue weighted by Gasteiger charge is 2.27. The maximum atomic E-state index is 11.8. The molecule has 2 N–H and O–H groups in total. The van der Waals surface area contributed by atoms with Gasteiger partial charge in [0, 0.05) is 24.6 Å². The van der Waals surface area contributed by atoms with Gasteiger partial charge in [-0.1, -0.05) is 12.8 Å².